The number of benzene rings is 1. The molecule has 0 bridgehead atoms. The normalized spacial score (nSPS) is 22.3. The molecule has 0 radical (unpaired) electrons. The second-order valence-corrected chi connectivity index (χ2v) is 6.57. The summed E-state index contributed by atoms with van der Waals surface area (Å²) in [5, 5.41) is 0. The molecule has 1 aromatic rings. The van der Waals surface area contributed by atoms with E-state index in [1.54, 1.807) is 4.90 Å². The zero-order valence-electron chi connectivity index (χ0n) is 13.2. The number of hydrogen-bond acceptors (Lipinski definition) is 2. The Morgan fingerprint density at radius 2 is 1.91 bits per heavy atom. The van der Waals surface area contributed by atoms with Gasteiger partial charge >= 0.3 is 0 Å². The van der Waals surface area contributed by atoms with E-state index in [1.807, 2.05) is 42.3 Å². The molecule has 2 aliphatic rings. The molecule has 2 fully saturated rings. The summed E-state index contributed by atoms with van der Waals surface area (Å²) in [7, 11) is 1.83. The smallest absolute Gasteiger partial charge is 0.228 e. The summed E-state index contributed by atoms with van der Waals surface area (Å²) in [4.78, 5) is 28.5. The van der Waals surface area contributed by atoms with E-state index in [1.165, 1.54) is 12.8 Å². The van der Waals surface area contributed by atoms with Gasteiger partial charge in [-0.25, -0.2) is 0 Å². The summed E-state index contributed by atoms with van der Waals surface area (Å²) >= 11 is 0. The highest BCUT2D eigenvalue weighted by Crippen LogP contribution is 2.30. The van der Waals surface area contributed by atoms with Gasteiger partial charge in [-0.3, -0.25) is 9.59 Å². The molecule has 0 spiro atoms. The molecule has 22 heavy (non-hydrogen) atoms. The molecule has 1 saturated heterocycles. The van der Waals surface area contributed by atoms with Gasteiger partial charge in [0.1, 0.15) is 0 Å². The van der Waals surface area contributed by atoms with Crippen molar-refractivity contribution in [2.24, 2.45) is 5.92 Å². The Morgan fingerprint density at radius 1 is 1.23 bits per heavy atom. The molecule has 3 rings (SSSR count). The van der Waals surface area contributed by atoms with Crippen molar-refractivity contribution in [3.8, 4) is 0 Å². The predicted molar refractivity (Wildman–Crippen MR) is 85.0 cm³/mol. The second kappa shape index (κ2) is 6.51. The van der Waals surface area contributed by atoms with Gasteiger partial charge in [-0.1, -0.05) is 43.2 Å². The first-order chi connectivity index (χ1) is 10.6. The van der Waals surface area contributed by atoms with Crippen LogP contribution >= 0.6 is 0 Å². The number of hydrogen-bond donors (Lipinski definition) is 0. The van der Waals surface area contributed by atoms with Crippen LogP contribution in [0.1, 0.15) is 37.7 Å². The maximum atomic E-state index is 12.6. The fraction of sp³-hybridized carbons (Fsp3) is 0.556. The lowest BCUT2D eigenvalue weighted by atomic mass is 10.1. The summed E-state index contributed by atoms with van der Waals surface area (Å²) in [5.74, 6) is 0.0953. The molecule has 0 N–H and O–H groups in total. The Balaban J connectivity index is 1.59. The standard InChI is InChI=1S/C18H24N2O2/c1-19(12-14-7-3-2-4-8-14)18(22)15-11-17(21)20(13-15)16-9-5-6-10-16/h2-4,7-8,15-16H,5-6,9-13H2,1H3. The number of nitrogens with zero attached hydrogens (tertiary/aromatic N) is 2. The summed E-state index contributed by atoms with van der Waals surface area (Å²) in [6.45, 7) is 1.22. The first kappa shape index (κ1) is 15.1. The molecule has 2 amide bonds. The van der Waals surface area contributed by atoms with Crippen molar-refractivity contribution in [3.63, 3.8) is 0 Å². The maximum absolute atomic E-state index is 12.6. The van der Waals surface area contributed by atoms with Crippen LogP contribution in [0.25, 0.3) is 0 Å². The highest BCUT2D eigenvalue weighted by Gasteiger charge is 2.39. The van der Waals surface area contributed by atoms with Gasteiger partial charge in [-0.2, -0.15) is 0 Å². The quantitative estimate of drug-likeness (QED) is 0.857. The number of rotatable bonds is 4. The highest BCUT2D eigenvalue weighted by molar-refractivity contribution is 5.89. The average molecular weight is 300 g/mol. The molecule has 4 heteroatoms. The van der Waals surface area contributed by atoms with Crippen LogP contribution in [0.4, 0.5) is 0 Å². The van der Waals surface area contributed by atoms with E-state index in [4.69, 9.17) is 0 Å². The van der Waals surface area contributed by atoms with Gasteiger partial charge in [0.25, 0.3) is 0 Å². The van der Waals surface area contributed by atoms with E-state index >= 15 is 0 Å². The Labute approximate surface area is 132 Å². The molecule has 1 aromatic carbocycles. The third kappa shape index (κ3) is 3.16. The van der Waals surface area contributed by atoms with Gasteiger partial charge in [0.2, 0.25) is 11.8 Å². The maximum Gasteiger partial charge on any atom is 0.228 e. The molecule has 1 aliphatic heterocycles. The molecule has 1 atom stereocenters. The molecule has 1 aliphatic carbocycles. The third-order valence-electron chi connectivity index (χ3n) is 4.91. The van der Waals surface area contributed by atoms with Crippen molar-refractivity contribution in [3.05, 3.63) is 35.9 Å². The van der Waals surface area contributed by atoms with Crippen LogP contribution in [-0.4, -0.2) is 41.2 Å². The van der Waals surface area contributed by atoms with Crippen molar-refractivity contribution in [2.45, 2.75) is 44.7 Å². The summed E-state index contributed by atoms with van der Waals surface area (Å²) in [6.07, 6.45) is 5.01. The summed E-state index contributed by atoms with van der Waals surface area (Å²) < 4.78 is 0. The molecule has 0 aromatic heterocycles. The minimum Gasteiger partial charge on any atom is -0.341 e. The number of amides is 2. The van der Waals surface area contributed by atoms with Gasteiger partial charge in [-0.15, -0.1) is 0 Å². The Bertz CT molecular complexity index is 537. The predicted octanol–water partition coefficient (Wildman–Crippen LogP) is 2.44. The largest absolute Gasteiger partial charge is 0.341 e. The lowest BCUT2D eigenvalue weighted by Gasteiger charge is -2.25. The fourth-order valence-corrected chi connectivity index (χ4v) is 3.71. The van der Waals surface area contributed by atoms with Crippen LogP contribution in [0.15, 0.2) is 30.3 Å². The molecular formula is C18H24N2O2. The molecular weight excluding hydrogens is 276 g/mol. The SMILES string of the molecule is CN(Cc1ccccc1)C(=O)C1CC(=O)N(C2CCCC2)C1. The van der Waals surface area contributed by atoms with E-state index in [0.29, 0.717) is 25.6 Å². The lowest BCUT2D eigenvalue weighted by Crippen LogP contribution is -2.37. The van der Waals surface area contributed by atoms with Crippen molar-refractivity contribution < 1.29 is 9.59 Å². The van der Waals surface area contributed by atoms with Crippen molar-refractivity contribution in [1.82, 2.24) is 9.80 Å². The Morgan fingerprint density at radius 3 is 2.59 bits per heavy atom. The molecule has 1 saturated carbocycles. The number of carbonyl (C=O) groups excluding carboxylic acids is 2. The lowest BCUT2D eigenvalue weighted by molar-refractivity contribution is -0.135. The molecule has 1 heterocycles. The van der Waals surface area contributed by atoms with Crippen LogP contribution in [0, 0.1) is 5.92 Å². The molecule has 4 nitrogen and oxygen atoms in total. The monoisotopic (exact) mass is 300 g/mol. The fourth-order valence-electron chi connectivity index (χ4n) is 3.71. The minimum absolute atomic E-state index is 0.0951. The van der Waals surface area contributed by atoms with E-state index < -0.39 is 0 Å². The van der Waals surface area contributed by atoms with Crippen LogP contribution in [0.5, 0.6) is 0 Å². The van der Waals surface area contributed by atoms with Gasteiger partial charge in [0.15, 0.2) is 0 Å². The van der Waals surface area contributed by atoms with E-state index in [0.717, 1.165) is 18.4 Å². The first-order valence-corrected chi connectivity index (χ1v) is 8.23. The van der Waals surface area contributed by atoms with E-state index in [9.17, 15) is 9.59 Å². The van der Waals surface area contributed by atoms with Crippen LogP contribution in [0.3, 0.4) is 0 Å². The van der Waals surface area contributed by atoms with Gasteiger partial charge in [0, 0.05) is 32.6 Å². The van der Waals surface area contributed by atoms with Crippen molar-refractivity contribution in [1.29, 1.82) is 0 Å². The van der Waals surface area contributed by atoms with Crippen molar-refractivity contribution >= 4 is 11.8 Å². The van der Waals surface area contributed by atoms with Gasteiger partial charge in [-0.05, 0) is 18.4 Å². The number of carbonyl (C=O) groups is 2. The van der Waals surface area contributed by atoms with E-state index in [2.05, 4.69) is 0 Å². The molecule has 1 unspecified atom stereocenters. The highest BCUT2D eigenvalue weighted by atomic mass is 16.2. The average Bonchev–Trinajstić information content (AvgIpc) is 3.16. The van der Waals surface area contributed by atoms with E-state index in [-0.39, 0.29) is 17.7 Å². The Kier molecular flexibility index (Phi) is 4.46. The second-order valence-electron chi connectivity index (χ2n) is 6.57. The topological polar surface area (TPSA) is 40.6 Å². The Hall–Kier alpha value is -1.84. The third-order valence-corrected chi connectivity index (χ3v) is 4.91. The van der Waals surface area contributed by atoms with Crippen LogP contribution in [-0.2, 0) is 16.1 Å². The zero-order valence-corrected chi connectivity index (χ0v) is 13.2. The molecule has 118 valence electrons. The van der Waals surface area contributed by atoms with Gasteiger partial charge < -0.3 is 9.80 Å². The van der Waals surface area contributed by atoms with Crippen LogP contribution in [0.2, 0.25) is 0 Å². The zero-order chi connectivity index (χ0) is 15.5. The van der Waals surface area contributed by atoms with Crippen LogP contribution < -0.4 is 0 Å². The van der Waals surface area contributed by atoms with Crippen molar-refractivity contribution in [2.75, 3.05) is 13.6 Å². The number of likely N-dealkylation sites (tertiary alicyclic amines) is 1. The van der Waals surface area contributed by atoms with Gasteiger partial charge in [0.05, 0.1) is 5.92 Å². The summed E-state index contributed by atoms with van der Waals surface area (Å²) in [6, 6.07) is 10.4. The minimum atomic E-state index is -0.165. The first-order valence-electron chi connectivity index (χ1n) is 8.23. The summed E-state index contributed by atoms with van der Waals surface area (Å²) in [5.41, 5.74) is 1.12.